The van der Waals surface area contributed by atoms with Gasteiger partial charge in [0.1, 0.15) is 5.67 Å². The Balaban J connectivity index is 3.46. The molecule has 0 amide bonds. The van der Waals surface area contributed by atoms with Gasteiger partial charge < -0.3 is 5.73 Å². The van der Waals surface area contributed by atoms with Crippen LogP contribution in [-0.2, 0) is 0 Å². The van der Waals surface area contributed by atoms with E-state index in [9.17, 15) is 4.39 Å². The lowest BCUT2D eigenvalue weighted by atomic mass is 9.93. The van der Waals surface area contributed by atoms with E-state index in [1.807, 2.05) is 6.92 Å². The molecule has 2 heteroatoms. The fraction of sp³-hybridized carbons (Fsp3) is 1.00. The summed E-state index contributed by atoms with van der Waals surface area (Å²) in [6.07, 6.45) is 9.46. The van der Waals surface area contributed by atoms with Crippen molar-refractivity contribution in [1.29, 1.82) is 0 Å². The summed E-state index contributed by atoms with van der Waals surface area (Å²) < 4.78 is 14.0. The van der Waals surface area contributed by atoms with Crippen molar-refractivity contribution in [2.24, 2.45) is 5.73 Å². The molecule has 0 aliphatic carbocycles. The van der Waals surface area contributed by atoms with Crippen LogP contribution >= 0.6 is 0 Å². The zero-order chi connectivity index (χ0) is 11.6. The first-order chi connectivity index (χ1) is 7.18. The lowest BCUT2D eigenvalue weighted by Gasteiger charge is -2.22. The summed E-state index contributed by atoms with van der Waals surface area (Å²) in [5, 5.41) is 0. The SMILES string of the molecule is CCCCCCCCC(F)(CN)CCC. The van der Waals surface area contributed by atoms with E-state index < -0.39 is 5.67 Å². The molecule has 0 aromatic carbocycles. The van der Waals surface area contributed by atoms with Crippen LogP contribution in [0.25, 0.3) is 0 Å². The van der Waals surface area contributed by atoms with Crippen LogP contribution in [0.5, 0.6) is 0 Å². The molecule has 0 saturated carbocycles. The van der Waals surface area contributed by atoms with E-state index in [1.165, 1.54) is 25.7 Å². The van der Waals surface area contributed by atoms with Crippen LogP contribution in [0.3, 0.4) is 0 Å². The first kappa shape index (κ1) is 14.9. The van der Waals surface area contributed by atoms with Gasteiger partial charge in [-0.2, -0.15) is 0 Å². The third-order valence-corrected chi connectivity index (χ3v) is 3.04. The molecule has 0 bridgehead atoms. The van der Waals surface area contributed by atoms with Crippen molar-refractivity contribution in [2.45, 2.75) is 77.3 Å². The summed E-state index contributed by atoms with van der Waals surface area (Å²) in [6, 6.07) is 0. The van der Waals surface area contributed by atoms with Gasteiger partial charge in [0.15, 0.2) is 0 Å². The van der Waals surface area contributed by atoms with Crippen LogP contribution in [-0.4, -0.2) is 12.2 Å². The van der Waals surface area contributed by atoms with E-state index in [0.717, 1.165) is 19.3 Å². The summed E-state index contributed by atoms with van der Waals surface area (Å²) in [7, 11) is 0. The average molecular weight is 217 g/mol. The normalized spacial score (nSPS) is 15.2. The monoisotopic (exact) mass is 217 g/mol. The van der Waals surface area contributed by atoms with Gasteiger partial charge >= 0.3 is 0 Å². The van der Waals surface area contributed by atoms with Crippen molar-refractivity contribution >= 4 is 0 Å². The molecule has 0 spiro atoms. The molecule has 0 aliphatic rings. The van der Waals surface area contributed by atoms with Crippen molar-refractivity contribution in [3.05, 3.63) is 0 Å². The van der Waals surface area contributed by atoms with Crippen molar-refractivity contribution in [1.82, 2.24) is 0 Å². The van der Waals surface area contributed by atoms with E-state index in [1.54, 1.807) is 0 Å². The number of unbranched alkanes of at least 4 members (excludes halogenated alkanes) is 5. The molecule has 1 atom stereocenters. The molecule has 1 unspecified atom stereocenters. The van der Waals surface area contributed by atoms with Gasteiger partial charge in [-0.25, -0.2) is 4.39 Å². The minimum absolute atomic E-state index is 0.190. The Morgan fingerprint density at radius 2 is 1.47 bits per heavy atom. The van der Waals surface area contributed by atoms with Crippen LogP contribution < -0.4 is 5.73 Å². The fourth-order valence-electron chi connectivity index (χ4n) is 2.00. The maximum Gasteiger partial charge on any atom is 0.123 e. The summed E-state index contributed by atoms with van der Waals surface area (Å²) in [4.78, 5) is 0. The predicted molar refractivity (Wildman–Crippen MR) is 65.8 cm³/mol. The quantitative estimate of drug-likeness (QED) is 0.545. The Hall–Kier alpha value is -0.110. The van der Waals surface area contributed by atoms with E-state index in [0.29, 0.717) is 12.8 Å². The molecule has 2 N–H and O–H groups in total. The minimum Gasteiger partial charge on any atom is -0.328 e. The van der Waals surface area contributed by atoms with E-state index >= 15 is 0 Å². The highest BCUT2D eigenvalue weighted by Gasteiger charge is 2.25. The number of hydrogen-bond acceptors (Lipinski definition) is 1. The lowest BCUT2D eigenvalue weighted by molar-refractivity contribution is 0.141. The molecule has 15 heavy (non-hydrogen) atoms. The largest absolute Gasteiger partial charge is 0.328 e. The number of halogens is 1. The summed E-state index contributed by atoms with van der Waals surface area (Å²) in [5.41, 5.74) is 4.40. The molecule has 0 radical (unpaired) electrons. The molecule has 0 heterocycles. The highest BCUT2D eigenvalue weighted by Crippen LogP contribution is 2.24. The Bertz CT molecular complexity index is 138. The van der Waals surface area contributed by atoms with E-state index in [4.69, 9.17) is 5.73 Å². The van der Waals surface area contributed by atoms with Crippen molar-refractivity contribution < 1.29 is 4.39 Å². The Morgan fingerprint density at radius 3 is 2.00 bits per heavy atom. The van der Waals surface area contributed by atoms with Gasteiger partial charge in [-0.05, 0) is 12.8 Å². The van der Waals surface area contributed by atoms with Gasteiger partial charge in [0.05, 0.1) is 0 Å². The fourth-order valence-corrected chi connectivity index (χ4v) is 2.00. The second-order valence-corrected chi connectivity index (χ2v) is 4.62. The Kier molecular flexibility index (Phi) is 9.07. The van der Waals surface area contributed by atoms with E-state index in [2.05, 4.69) is 6.92 Å². The average Bonchev–Trinajstić information content (AvgIpc) is 2.24. The summed E-state index contributed by atoms with van der Waals surface area (Å²) in [5.74, 6) is 0. The minimum atomic E-state index is -1.08. The van der Waals surface area contributed by atoms with Crippen molar-refractivity contribution in [3.8, 4) is 0 Å². The number of nitrogens with two attached hydrogens (primary N) is 1. The third kappa shape index (κ3) is 7.78. The third-order valence-electron chi connectivity index (χ3n) is 3.04. The van der Waals surface area contributed by atoms with Crippen LogP contribution in [0.4, 0.5) is 4.39 Å². The standard InChI is InChI=1S/C13H28FN/c1-3-5-6-7-8-9-11-13(14,12-15)10-4-2/h3-12,15H2,1-2H3. The summed E-state index contributed by atoms with van der Waals surface area (Å²) >= 11 is 0. The molecular formula is C13H28FN. The summed E-state index contributed by atoms with van der Waals surface area (Å²) in [6.45, 7) is 4.42. The second-order valence-electron chi connectivity index (χ2n) is 4.62. The molecule has 0 aromatic rings. The van der Waals surface area contributed by atoms with Gasteiger partial charge in [-0.15, -0.1) is 0 Å². The Morgan fingerprint density at radius 1 is 0.867 bits per heavy atom. The first-order valence-electron chi connectivity index (χ1n) is 6.57. The zero-order valence-corrected chi connectivity index (χ0v) is 10.5. The van der Waals surface area contributed by atoms with Crippen molar-refractivity contribution in [2.75, 3.05) is 6.54 Å². The number of hydrogen-bond donors (Lipinski definition) is 1. The molecule has 0 rings (SSSR count). The maximum absolute atomic E-state index is 14.0. The van der Waals surface area contributed by atoms with Gasteiger partial charge in [-0.3, -0.25) is 0 Å². The molecular weight excluding hydrogens is 189 g/mol. The molecule has 92 valence electrons. The van der Waals surface area contributed by atoms with Gasteiger partial charge in [0.2, 0.25) is 0 Å². The molecule has 1 nitrogen and oxygen atoms in total. The number of alkyl halides is 1. The van der Waals surface area contributed by atoms with Gasteiger partial charge in [0, 0.05) is 6.54 Å². The smallest absolute Gasteiger partial charge is 0.123 e. The lowest BCUT2D eigenvalue weighted by Crippen LogP contribution is -2.32. The van der Waals surface area contributed by atoms with Crippen LogP contribution in [0.15, 0.2) is 0 Å². The van der Waals surface area contributed by atoms with Gasteiger partial charge in [-0.1, -0.05) is 58.8 Å². The van der Waals surface area contributed by atoms with E-state index in [-0.39, 0.29) is 6.54 Å². The predicted octanol–water partition coefficient (Wildman–Crippen LogP) is 4.20. The Labute approximate surface area is 94.6 Å². The first-order valence-corrected chi connectivity index (χ1v) is 6.57. The zero-order valence-electron chi connectivity index (χ0n) is 10.5. The van der Waals surface area contributed by atoms with Crippen LogP contribution in [0, 0.1) is 0 Å². The number of rotatable bonds is 10. The van der Waals surface area contributed by atoms with Crippen LogP contribution in [0.1, 0.15) is 71.6 Å². The van der Waals surface area contributed by atoms with Crippen LogP contribution in [0.2, 0.25) is 0 Å². The van der Waals surface area contributed by atoms with Gasteiger partial charge in [0.25, 0.3) is 0 Å². The second kappa shape index (κ2) is 9.14. The highest BCUT2D eigenvalue weighted by molar-refractivity contribution is 4.79. The molecule has 0 saturated heterocycles. The maximum atomic E-state index is 14.0. The molecule has 0 fully saturated rings. The highest BCUT2D eigenvalue weighted by atomic mass is 19.1. The van der Waals surface area contributed by atoms with Crippen molar-refractivity contribution in [3.63, 3.8) is 0 Å². The topological polar surface area (TPSA) is 26.0 Å². The molecule has 0 aromatic heterocycles. The molecule has 0 aliphatic heterocycles.